The Morgan fingerprint density at radius 3 is 2.00 bits per heavy atom. The second-order valence-corrected chi connectivity index (χ2v) is 4.44. The largest absolute Gasteiger partial charge is 1.00 e. The van der Waals surface area contributed by atoms with E-state index in [4.69, 9.17) is 4.89 Å². The van der Waals surface area contributed by atoms with Crippen LogP contribution in [0.5, 0.6) is 0 Å². The summed E-state index contributed by atoms with van der Waals surface area (Å²) in [6, 6.07) is 0. The summed E-state index contributed by atoms with van der Waals surface area (Å²) in [5.74, 6) is -1.95. The maximum absolute atomic E-state index is 10.5. The molecule has 0 saturated carbocycles. The van der Waals surface area contributed by atoms with E-state index >= 15 is 0 Å². The van der Waals surface area contributed by atoms with E-state index < -0.39 is 44.5 Å². The van der Waals surface area contributed by atoms with E-state index in [-0.39, 0.29) is 59.1 Å². The summed E-state index contributed by atoms with van der Waals surface area (Å²) < 4.78 is 18.5. The zero-order chi connectivity index (χ0) is 13.4. The molecule has 0 aliphatic carbocycles. The van der Waals surface area contributed by atoms with Crippen LogP contribution in [0.4, 0.5) is 0 Å². The van der Waals surface area contributed by atoms with Crippen LogP contribution in [-0.4, -0.2) is 56.9 Å². The number of phosphoric ester groups is 1. The number of hydrogen-bond acceptors (Lipinski definition) is 9. The third-order valence-corrected chi connectivity index (χ3v) is 2.51. The fourth-order valence-corrected chi connectivity index (χ4v) is 1.70. The SMILES string of the molecule is O=C([O-])[C@H]1O[C@H](OP(=O)([O-])O)[C@H](O)[C@@H](O)[C@@H]1O.[Na+].[Na+]. The van der Waals surface area contributed by atoms with E-state index in [0.29, 0.717) is 0 Å². The molecule has 1 aliphatic heterocycles. The average molecular weight is 318 g/mol. The Bertz CT molecular complexity index is 347. The number of aliphatic carboxylic acids is 1. The number of carboxylic acids is 1. The number of ether oxygens (including phenoxy) is 1. The molecular weight excluding hydrogens is 309 g/mol. The van der Waals surface area contributed by atoms with Crippen molar-refractivity contribution in [2.24, 2.45) is 0 Å². The van der Waals surface area contributed by atoms with Gasteiger partial charge in [0.1, 0.15) is 24.4 Å². The Kier molecular flexibility index (Phi) is 10.5. The Morgan fingerprint density at radius 1 is 1.16 bits per heavy atom. The second kappa shape index (κ2) is 8.76. The second-order valence-electron chi connectivity index (χ2n) is 3.29. The van der Waals surface area contributed by atoms with Crippen molar-refractivity contribution in [1.29, 1.82) is 0 Å². The quantitative estimate of drug-likeness (QED) is 0.288. The number of phosphoric acid groups is 1. The molecule has 0 bridgehead atoms. The normalized spacial score (nSPS) is 37.4. The van der Waals surface area contributed by atoms with E-state index in [9.17, 15) is 34.7 Å². The number of hydrogen-bond donors (Lipinski definition) is 4. The van der Waals surface area contributed by atoms with Gasteiger partial charge in [-0.15, -0.1) is 0 Å². The third kappa shape index (κ3) is 6.37. The molecule has 13 heteroatoms. The summed E-state index contributed by atoms with van der Waals surface area (Å²) in [6.07, 6.45) is -10.4. The van der Waals surface area contributed by atoms with Gasteiger partial charge in [-0.25, -0.2) is 0 Å². The van der Waals surface area contributed by atoms with Gasteiger partial charge >= 0.3 is 59.1 Å². The minimum atomic E-state index is -5.32. The topological polar surface area (TPSA) is 180 Å². The van der Waals surface area contributed by atoms with E-state index in [0.717, 1.165) is 0 Å². The smallest absolute Gasteiger partial charge is 0.756 e. The van der Waals surface area contributed by atoms with Crippen molar-refractivity contribution in [1.82, 2.24) is 0 Å². The van der Waals surface area contributed by atoms with Gasteiger partial charge in [-0.1, -0.05) is 0 Å². The van der Waals surface area contributed by atoms with Gasteiger partial charge < -0.3 is 39.7 Å². The molecule has 1 heterocycles. The van der Waals surface area contributed by atoms with E-state index in [1.807, 2.05) is 0 Å². The van der Waals surface area contributed by atoms with Crippen molar-refractivity contribution in [3.8, 4) is 0 Å². The summed E-state index contributed by atoms with van der Waals surface area (Å²) in [6.45, 7) is 0. The van der Waals surface area contributed by atoms with E-state index in [1.165, 1.54) is 0 Å². The van der Waals surface area contributed by atoms with E-state index in [2.05, 4.69) is 9.26 Å². The molecule has 1 saturated heterocycles. The monoisotopic (exact) mass is 318 g/mol. The molecule has 0 radical (unpaired) electrons. The van der Waals surface area contributed by atoms with Crippen LogP contribution in [0.15, 0.2) is 0 Å². The minimum Gasteiger partial charge on any atom is -0.756 e. The van der Waals surface area contributed by atoms with Crippen molar-refractivity contribution >= 4 is 13.8 Å². The van der Waals surface area contributed by atoms with Crippen molar-refractivity contribution in [3.63, 3.8) is 0 Å². The molecule has 0 aromatic carbocycles. The van der Waals surface area contributed by atoms with Crippen molar-refractivity contribution in [2.45, 2.75) is 30.7 Å². The molecule has 1 unspecified atom stereocenters. The summed E-state index contributed by atoms with van der Waals surface area (Å²) >= 11 is 0. The van der Waals surface area contributed by atoms with Crippen molar-refractivity contribution in [3.05, 3.63) is 0 Å². The number of carbonyl (C=O) groups is 1. The molecule has 1 aliphatic rings. The predicted molar refractivity (Wildman–Crippen MR) is 42.6 cm³/mol. The number of carboxylic acid groups (broad SMARTS) is 1. The molecule has 4 N–H and O–H groups in total. The van der Waals surface area contributed by atoms with Gasteiger partial charge in [0.05, 0.1) is 5.97 Å². The molecule has 0 aromatic rings. The zero-order valence-electron chi connectivity index (χ0n) is 10.1. The van der Waals surface area contributed by atoms with Crippen molar-refractivity contribution < 1.29 is 108 Å². The molecule has 1 rings (SSSR count). The molecular formula is C6H9Na2O10P. The Morgan fingerprint density at radius 2 is 1.63 bits per heavy atom. The van der Waals surface area contributed by atoms with Crippen LogP contribution in [-0.2, 0) is 18.6 Å². The first kappa shape index (κ1) is 22.7. The fourth-order valence-electron chi connectivity index (χ4n) is 1.26. The fraction of sp³-hybridized carbons (Fsp3) is 0.833. The molecule has 6 atom stereocenters. The van der Waals surface area contributed by atoms with Crippen LogP contribution < -0.4 is 69.1 Å². The van der Waals surface area contributed by atoms with Crippen LogP contribution in [0, 0.1) is 0 Å². The van der Waals surface area contributed by atoms with Crippen LogP contribution in [0.3, 0.4) is 0 Å². The average Bonchev–Trinajstić information content (AvgIpc) is 2.16. The first-order valence-electron chi connectivity index (χ1n) is 4.26. The summed E-state index contributed by atoms with van der Waals surface area (Å²) in [5, 5.41) is 38.1. The maximum Gasteiger partial charge on any atom is 1.00 e. The Labute approximate surface area is 151 Å². The number of aliphatic hydroxyl groups excluding tert-OH is 3. The minimum absolute atomic E-state index is 0. The molecule has 100 valence electrons. The van der Waals surface area contributed by atoms with Crippen molar-refractivity contribution in [2.75, 3.05) is 0 Å². The molecule has 1 fully saturated rings. The standard InChI is InChI=1S/C6H11O10P.2Na/c7-1-2(8)4(5(10)11)15-6(3(1)9)16-17(12,13)14;;/h1-4,6-9H,(H,10,11)(H2,12,13,14);;/q;2*+1/p-2/t1-,2-,3+,4-,6+;;/m0../s1. The molecule has 19 heavy (non-hydrogen) atoms. The summed E-state index contributed by atoms with van der Waals surface area (Å²) in [7, 11) is -5.32. The molecule has 10 nitrogen and oxygen atoms in total. The predicted octanol–water partition coefficient (Wildman–Crippen LogP) is -11.0. The zero-order valence-corrected chi connectivity index (χ0v) is 15.0. The third-order valence-electron chi connectivity index (χ3n) is 2.04. The van der Waals surface area contributed by atoms with Gasteiger partial charge in [0.2, 0.25) is 0 Å². The first-order valence-corrected chi connectivity index (χ1v) is 5.76. The van der Waals surface area contributed by atoms with Gasteiger partial charge in [0.25, 0.3) is 7.82 Å². The number of aliphatic hydroxyl groups is 3. The maximum atomic E-state index is 10.5. The van der Waals surface area contributed by atoms with Gasteiger partial charge in [-0.05, 0) is 0 Å². The van der Waals surface area contributed by atoms with Gasteiger partial charge in [0.15, 0.2) is 6.29 Å². The summed E-state index contributed by atoms with van der Waals surface area (Å²) in [5.41, 5.74) is 0. The van der Waals surface area contributed by atoms with Gasteiger partial charge in [-0.2, -0.15) is 0 Å². The van der Waals surface area contributed by atoms with Crippen LogP contribution in [0.2, 0.25) is 0 Å². The van der Waals surface area contributed by atoms with Gasteiger partial charge in [-0.3, -0.25) is 9.09 Å². The summed E-state index contributed by atoms with van der Waals surface area (Å²) in [4.78, 5) is 29.2. The number of carbonyl (C=O) groups excluding carboxylic acids is 1. The van der Waals surface area contributed by atoms with E-state index in [1.54, 1.807) is 0 Å². The Hall–Kier alpha value is 1.42. The molecule has 0 amide bonds. The number of rotatable bonds is 3. The molecule has 0 spiro atoms. The van der Waals surface area contributed by atoms with Gasteiger partial charge in [0, 0.05) is 0 Å². The van der Waals surface area contributed by atoms with Crippen LogP contribution in [0.25, 0.3) is 0 Å². The van der Waals surface area contributed by atoms with Crippen LogP contribution >= 0.6 is 7.82 Å². The molecule has 0 aromatic heterocycles. The van der Waals surface area contributed by atoms with Crippen LogP contribution in [0.1, 0.15) is 0 Å². The Balaban J connectivity index is 0. The first-order chi connectivity index (χ1) is 7.63.